The Morgan fingerprint density at radius 3 is 2.32 bits per heavy atom. The number of hydrogen-bond acceptors (Lipinski definition) is 5. The largest absolute Gasteiger partial charge is 0.302 e. The van der Waals surface area contributed by atoms with Crippen LogP contribution in [-0.4, -0.2) is 34.2 Å². The number of hydrogen-bond donors (Lipinski definition) is 1. The predicted octanol–water partition coefficient (Wildman–Crippen LogP) is 4.74. The lowest BCUT2D eigenvalue weighted by molar-refractivity contribution is -0.116. The molecule has 0 atom stereocenters. The van der Waals surface area contributed by atoms with E-state index in [9.17, 15) is 18.8 Å². The van der Waals surface area contributed by atoms with Crippen molar-refractivity contribution in [3.05, 3.63) is 70.9 Å². The Morgan fingerprint density at radius 1 is 0.968 bits per heavy atom. The Labute approximate surface area is 182 Å². The minimum atomic E-state index is -0.310. The van der Waals surface area contributed by atoms with Crippen LogP contribution in [0.4, 0.5) is 9.52 Å². The number of fused-ring (bicyclic) bond motifs is 1. The van der Waals surface area contributed by atoms with E-state index in [4.69, 9.17) is 0 Å². The highest BCUT2D eigenvalue weighted by Crippen LogP contribution is 2.25. The van der Waals surface area contributed by atoms with E-state index < -0.39 is 0 Å². The van der Waals surface area contributed by atoms with Gasteiger partial charge in [0.2, 0.25) is 5.91 Å². The van der Waals surface area contributed by atoms with Crippen molar-refractivity contribution < 1.29 is 18.8 Å². The summed E-state index contributed by atoms with van der Waals surface area (Å²) in [6.07, 6.45) is 2.34. The molecule has 8 heteroatoms. The van der Waals surface area contributed by atoms with Crippen molar-refractivity contribution in [2.45, 2.75) is 25.7 Å². The molecule has 0 aliphatic carbocycles. The van der Waals surface area contributed by atoms with Crippen LogP contribution >= 0.6 is 11.3 Å². The zero-order valence-electron chi connectivity index (χ0n) is 16.6. The number of nitrogens with zero attached hydrogens (tertiary/aromatic N) is 2. The normalized spacial score (nSPS) is 12.9. The van der Waals surface area contributed by atoms with Gasteiger partial charge in [0, 0.05) is 23.9 Å². The smallest absolute Gasteiger partial charge is 0.261 e. The van der Waals surface area contributed by atoms with Gasteiger partial charge in [-0.3, -0.25) is 19.3 Å². The first-order valence-corrected chi connectivity index (χ1v) is 10.9. The number of carbonyl (C=O) groups is 3. The quantitative estimate of drug-likeness (QED) is 0.408. The first-order chi connectivity index (χ1) is 15.0. The summed E-state index contributed by atoms with van der Waals surface area (Å²) in [6, 6.07) is 12.9. The lowest BCUT2D eigenvalue weighted by Gasteiger charge is -2.13. The van der Waals surface area contributed by atoms with Crippen molar-refractivity contribution in [2.75, 3.05) is 11.9 Å². The fourth-order valence-electron chi connectivity index (χ4n) is 3.44. The Morgan fingerprint density at radius 2 is 1.65 bits per heavy atom. The number of amides is 3. The maximum absolute atomic E-state index is 13.0. The van der Waals surface area contributed by atoms with Gasteiger partial charge in [-0.05, 0) is 49.2 Å². The lowest BCUT2D eigenvalue weighted by atomic mass is 10.1. The molecular formula is C23H20FN3O3S. The molecule has 3 amide bonds. The number of nitrogens with one attached hydrogen (secondary N) is 1. The van der Waals surface area contributed by atoms with Crippen LogP contribution in [0.2, 0.25) is 0 Å². The van der Waals surface area contributed by atoms with E-state index in [1.54, 1.807) is 36.4 Å². The number of carbonyl (C=O) groups excluding carboxylic acids is 3. The van der Waals surface area contributed by atoms with Gasteiger partial charge < -0.3 is 5.32 Å². The zero-order chi connectivity index (χ0) is 21.8. The van der Waals surface area contributed by atoms with E-state index in [0.29, 0.717) is 47.8 Å². The minimum Gasteiger partial charge on any atom is -0.302 e. The summed E-state index contributed by atoms with van der Waals surface area (Å²) in [5, 5.41) is 5.08. The summed E-state index contributed by atoms with van der Waals surface area (Å²) in [7, 11) is 0. The number of anilines is 1. The van der Waals surface area contributed by atoms with Gasteiger partial charge in [-0.2, -0.15) is 0 Å². The summed E-state index contributed by atoms with van der Waals surface area (Å²) < 4.78 is 13.0. The average Bonchev–Trinajstić information content (AvgIpc) is 3.32. The Kier molecular flexibility index (Phi) is 6.18. The second-order valence-electron chi connectivity index (χ2n) is 7.21. The molecule has 1 N–H and O–H groups in total. The Bertz CT molecular complexity index is 1090. The maximum atomic E-state index is 13.0. The molecule has 1 aliphatic rings. The van der Waals surface area contributed by atoms with Gasteiger partial charge in [0.15, 0.2) is 5.13 Å². The molecule has 158 valence electrons. The van der Waals surface area contributed by atoms with Crippen LogP contribution in [0.25, 0.3) is 11.3 Å². The van der Waals surface area contributed by atoms with Crippen LogP contribution in [0.3, 0.4) is 0 Å². The van der Waals surface area contributed by atoms with Crippen molar-refractivity contribution in [3.63, 3.8) is 0 Å². The number of rotatable bonds is 8. The second-order valence-corrected chi connectivity index (χ2v) is 8.07. The Balaban J connectivity index is 1.19. The van der Waals surface area contributed by atoms with E-state index in [-0.39, 0.29) is 23.5 Å². The third-order valence-corrected chi connectivity index (χ3v) is 5.81. The molecule has 31 heavy (non-hydrogen) atoms. The first-order valence-electron chi connectivity index (χ1n) is 9.99. The number of thiazole rings is 1. The van der Waals surface area contributed by atoms with E-state index in [0.717, 1.165) is 12.0 Å². The van der Waals surface area contributed by atoms with Gasteiger partial charge in [-0.25, -0.2) is 9.37 Å². The first kappa shape index (κ1) is 20.9. The van der Waals surface area contributed by atoms with Gasteiger partial charge in [-0.1, -0.05) is 18.6 Å². The molecule has 0 saturated heterocycles. The number of aromatic nitrogens is 1. The second kappa shape index (κ2) is 9.18. The van der Waals surface area contributed by atoms with E-state index in [2.05, 4.69) is 10.3 Å². The molecule has 1 aromatic heterocycles. The molecule has 1 aliphatic heterocycles. The molecule has 0 fully saturated rings. The number of benzene rings is 2. The number of unbranched alkanes of at least 4 members (excludes halogenated alkanes) is 2. The summed E-state index contributed by atoms with van der Waals surface area (Å²) in [5.41, 5.74) is 2.37. The van der Waals surface area contributed by atoms with Gasteiger partial charge in [-0.15, -0.1) is 11.3 Å². The van der Waals surface area contributed by atoms with E-state index >= 15 is 0 Å². The van der Waals surface area contributed by atoms with Crippen molar-refractivity contribution >= 4 is 34.2 Å². The monoisotopic (exact) mass is 437 g/mol. The van der Waals surface area contributed by atoms with Crippen LogP contribution in [0.15, 0.2) is 53.9 Å². The SMILES string of the molecule is O=C(CCCCCN1C(=O)c2ccccc2C1=O)Nc1nc(-c2ccc(F)cc2)cs1. The molecule has 0 radical (unpaired) electrons. The third kappa shape index (κ3) is 4.69. The minimum absolute atomic E-state index is 0.138. The highest BCUT2D eigenvalue weighted by molar-refractivity contribution is 7.14. The van der Waals surface area contributed by atoms with Crippen molar-refractivity contribution in [2.24, 2.45) is 0 Å². The summed E-state index contributed by atoms with van der Waals surface area (Å²) in [4.78, 5) is 42.4. The van der Waals surface area contributed by atoms with E-state index in [1.165, 1.54) is 28.4 Å². The fourth-order valence-corrected chi connectivity index (χ4v) is 4.18. The fraction of sp³-hybridized carbons (Fsp3) is 0.217. The van der Waals surface area contributed by atoms with Crippen molar-refractivity contribution in [1.29, 1.82) is 0 Å². The van der Waals surface area contributed by atoms with Crippen LogP contribution in [0, 0.1) is 5.82 Å². The maximum Gasteiger partial charge on any atom is 0.261 e. The Hall–Kier alpha value is -3.39. The molecule has 0 unspecified atom stereocenters. The van der Waals surface area contributed by atoms with Crippen molar-refractivity contribution in [3.8, 4) is 11.3 Å². The van der Waals surface area contributed by atoms with Crippen LogP contribution in [-0.2, 0) is 4.79 Å². The molecule has 0 saturated carbocycles. The van der Waals surface area contributed by atoms with Gasteiger partial charge in [0.1, 0.15) is 5.82 Å². The van der Waals surface area contributed by atoms with Crippen molar-refractivity contribution in [1.82, 2.24) is 9.88 Å². The molecule has 4 rings (SSSR count). The lowest BCUT2D eigenvalue weighted by Crippen LogP contribution is -2.30. The van der Waals surface area contributed by atoms with Crippen LogP contribution in [0.5, 0.6) is 0 Å². The van der Waals surface area contributed by atoms with Gasteiger partial charge in [0.25, 0.3) is 11.8 Å². The van der Waals surface area contributed by atoms with Crippen LogP contribution < -0.4 is 5.32 Å². The summed E-state index contributed by atoms with van der Waals surface area (Å²) >= 11 is 1.31. The molecule has 0 bridgehead atoms. The predicted molar refractivity (Wildman–Crippen MR) is 116 cm³/mol. The topological polar surface area (TPSA) is 79.4 Å². The standard InChI is InChI=1S/C23H20FN3O3S/c24-16-11-9-15(10-12-16)19-14-31-23(25-19)26-20(28)8-2-1-5-13-27-21(29)17-6-3-4-7-18(17)22(27)30/h3-4,6-7,9-12,14H,1-2,5,8,13H2,(H,25,26,28). The zero-order valence-corrected chi connectivity index (χ0v) is 17.5. The highest BCUT2D eigenvalue weighted by Gasteiger charge is 2.34. The molecule has 6 nitrogen and oxygen atoms in total. The molecule has 0 spiro atoms. The molecular weight excluding hydrogens is 417 g/mol. The summed E-state index contributed by atoms with van der Waals surface area (Å²) in [5.74, 6) is -0.950. The number of halogens is 1. The molecule has 3 aromatic rings. The number of imide groups is 1. The van der Waals surface area contributed by atoms with Crippen LogP contribution in [0.1, 0.15) is 46.4 Å². The molecule has 2 heterocycles. The van der Waals surface area contributed by atoms with E-state index in [1.807, 2.05) is 5.38 Å². The highest BCUT2D eigenvalue weighted by atomic mass is 32.1. The third-order valence-electron chi connectivity index (χ3n) is 5.05. The van der Waals surface area contributed by atoms with Gasteiger partial charge >= 0.3 is 0 Å². The average molecular weight is 437 g/mol. The molecule has 2 aromatic carbocycles. The van der Waals surface area contributed by atoms with Gasteiger partial charge in [0.05, 0.1) is 16.8 Å². The summed E-state index contributed by atoms with van der Waals surface area (Å²) in [6.45, 7) is 0.349.